The second-order valence-electron chi connectivity index (χ2n) is 5.26. The van der Waals surface area contributed by atoms with Gasteiger partial charge in [-0.2, -0.15) is 0 Å². The van der Waals surface area contributed by atoms with Crippen LogP contribution >= 0.6 is 11.3 Å². The summed E-state index contributed by atoms with van der Waals surface area (Å²) >= 11 is 1.99. The number of nitrogens with one attached hydrogen (secondary N) is 1. The van der Waals surface area contributed by atoms with Crippen molar-refractivity contribution in [1.29, 1.82) is 0 Å². The molecule has 3 heteroatoms. The van der Waals surface area contributed by atoms with Crippen LogP contribution in [0.3, 0.4) is 0 Å². The van der Waals surface area contributed by atoms with Gasteiger partial charge < -0.3 is 5.32 Å². The molecule has 100 valence electrons. The van der Waals surface area contributed by atoms with E-state index in [-0.39, 0.29) is 0 Å². The molecule has 0 aromatic carbocycles. The molecule has 0 radical (unpaired) electrons. The lowest BCUT2D eigenvalue weighted by molar-refractivity contribution is 0.592. The first-order chi connectivity index (χ1) is 9.28. The van der Waals surface area contributed by atoms with Crippen molar-refractivity contribution in [2.45, 2.75) is 38.6 Å². The molecule has 0 amide bonds. The van der Waals surface area contributed by atoms with E-state index in [4.69, 9.17) is 0 Å². The predicted octanol–water partition coefficient (Wildman–Crippen LogP) is 3.44. The Kier molecular flexibility index (Phi) is 3.67. The van der Waals surface area contributed by atoms with Crippen molar-refractivity contribution < 1.29 is 0 Å². The first kappa shape index (κ1) is 12.8. The van der Waals surface area contributed by atoms with Crippen LogP contribution in [0.4, 0.5) is 0 Å². The molecule has 3 rings (SSSR count). The number of rotatable bonds is 4. The molecule has 2 aromatic heterocycles. The van der Waals surface area contributed by atoms with Gasteiger partial charge in [-0.25, -0.2) is 0 Å². The van der Waals surface area contributed by atoms with Gasteiger partial charge in [0.05, 0.1) is 0 Å². The van der Waals surface area contributed by atoms with Crippen molar-refractivity contribution >= 4 is 11.3 Å². The quantitative estimate of drug-likeness (QED) is 0.922. The Bertz CT molecular complexity index is 552. The molecule has 1 N–H and O–H groups in total. The maximum atomic E-state index is 4.52. The minimum Gasteiger partial charge on any atom is -0.312 e. The SMILES string of the molecule is CNC(Cc1ncccc1C)c1cc2c(s1)CCC2. The average Bonchev–Trinajstić information content (AvgIpc) is 2.98. The summed E-state index contributed by atoms with van der Waals surface area (Å²) in [5, 5.41) is 3.45. The fourth-order valence-electron chi connectivity index (χ4n) is 2.79. The van der Waals surface area contributed by atoms with Crippen LogP contribution in [0.5, 0.6) is 0 Å². The first-order valence-corrected chi connectivity index (χ1v) is 7.79. The van der Waals surface area contributed by atoms with E-state index in [0.717, 1.165) is 6.42 Å². The molecule has 1 atom stereocenters. The number of hydrogen-bond donors (Lipinski definition) is 1. The number of nitrogens with zero attached hydrogens (tertiary/aromatic N) is 1. The van der Waals surface area contributed by atoms with Crippen LogP contribution in [-0.2, 0) is 19.3 Å². The fraction of sp³-hybridized carbons (Fsp3) is 0.438. The summed E-state index contributed by atoms with van der Waals surface area (Å²) in [6, 6.07) is 6.95. The summed E-state index contributed by atoms with van der Waals surface area (Å²) in [5.41, 5.74) is 4.07. The molecule has 19 heavy (non-hydrogen) atoms. The minimum atomic E-state index is 0.393. The van der Waals surface area contributed by atoms with Gasteiger partial charge in [0.2, 0.25) is 0 Å². The van der Waals surface area contributed by atoms with Crippen LogP contribution in [-0.4, -0.2) is 12.0 Å². The molecular weight excluding hydrogens is 252 g/mol. The second-order valence-corrected chi connectivity index (χ2v) is 6.43. The highest BCUT2D eigenvalue weighted by molar-refractivity contribution is 7.12. The van der Waals surface area contributed by atoms with Gasteiger partial charge in [0, 0.05) is 34.1 Å². The zero-order valence-corrected chi connectivity index (χ0v) is 12.4. The second kappa shape index (κ2) is 5.43. The Hall–Kier alpha value is -1.19. The number of hydrogen-bond acceptors (Lipinski definition) is 3. The highest BCUT2D eigenvalue weighted by Gasteiger charge is 2.20. The van der Waals surface area contributed by atoms with E-state index < -0.39 is 0 Å². The van der Waals surface area contributed by atoms with Gasteiger partial charge in [-0.05, 0) is 56.5 Å². The number of aryl methyl sites for hydroxylation is 3. The van der Waals surface area contributed by atoms with Crippen molar-refractivity contribution in [1.82, 2.24) is 10.3 Å². The summed E-state index contributed by atoms with van der Waals surface area (Å²) in [7, 11) is 2.05. The first-order valence-electron chi connectivity index (χ1n) is 6.97. The van der Waals surface area contributed by atoms with Crippen molar-refractivity contribution in [3.63, 3.8) is 0 Å². The topological polar surface area (TPSA) is 24.9 Å². The van der Waals surface area contributed by atoms with Gasteiger partial charge in [-0.1, -0.05) is 6.07 Å². The minimum absolute atomic E-state index is 0.393. The molecule has 2 heterocycles. The van der Waals surface area contributed by atoms with Crippen LogP contribution in [0.15, 0.2) is 24.4 Å². The molecule has 0 spiro atoms. The van der Waals surface area contributed by atoms with Crippen LogP contribution in [0.1, 0.15) is 39.0 Å². The van der Waals surface area contributed by atoms with Crippen molar-refractivity contribution in [3.8, 4) is 0 Å². The number of aromatic nitrogens is 1. The van der Waals surface area contributed by atoms with Gasteiger partial charge in [-0.3, -0.25) is 4.98 Å². The lowest BCUT2D eigenvalue weighted by atomic mass is 10.1. The van der Waals surface area contributed by atoms with Gasteiger partial charge in [-0.15, -0.1) is 11.3 Å². The molecule has 0 fully saturated rings. The maximum absolute atomic E-state index is 4.52. The molecule has 1 aliphatic carbocycles. The summed E-state index contributed by atoms with van der Waals surface area (Å²) in [6.07, 6.45) is 6.75. The molecular formula is C16H20N2S. The molecule has 2 aromatic rings. The maximum Gasteiger partial charge on any atom is 0.0468 e. The molecule has 2 nitrogen and oxygen atoms in total. The molecule has 1 unspecified atom stereocenters. The number of thiophene rings is 1. The predicted molar refractivity (Wildman–Crippen MR) is 80.8 cm³/mol. The van der Waals surface area contributed by atoms with Crippen LogP contribution in [0.25, 0.3) is 0 Å². The largest absolute Gasteiger partial charge is 0.312 e. The number of pyridine rings is 1. The average molecular weight is 272 g/mol. The fourth-order valence-corrected chi connectivity index (χ4v) is 4.16. The Balaban J connectivity index is 1.82. The lowest BCUT2D eigenvalue weighted by Gasteiger charge is -2.15. The van der Waals surface area contributed by atoms with Gasteiger partial charge in [0.1, 0.15) is 0 Å². The van der Waals surface area contributed by atoms with E-state index >= 15 is 0 Å². The summed E-state index contributed by atoms with van der Waals surface area (Å²) in [4.78, 5) is 7.59. The smallest absolute Gasteiger partial charge is 0.0468 e. The third-order valence-electron chi connectivity index (χ3n) is 3.97. The van der Waals surface area contributed by atoms with Gasteiger partial charge in [0.15, 0.2) is 0 Å². The van der Waals surface area contributed by atoms with E-state index in [2.05, 4.69) is 29.4 Å². The number of fused-ring (bicyclic) bond motifs is 1. The van der Waals surface area contributed by atoms with Crippen LogP contribution < -0.4 is 5.32 Å². The Morgan fingerprint density at radius 3 is 3.05 bits per heavy atom. The lowest BCUT2D eigenvalue weighted by Crippen LogP contribution is -2.18. The highest BCUT2D eigenvalue weighted by Crippen LogP contribution is 2.34. The monoisotopic (exact) mass is 272 g/mol. The summed E-state index contributed by atoms with van der Waals surface area (Å²) in [6.45, 7) is 2.14. The molecule has 0 saturated carbocycles. The van der Waals surface area contributed by atoms with E-state index in [9.17, 15) is 0 Å². The molecule has 1 aliphatic rings. The van der Waals surface area contributed by atoms with Gasteiger partial charge in [0.25, 0.3) is 0 Å². The van der Waals surface area contributed by atoms with Crippen LogP contribution in [0, 0.1) is 6.92 Å². The standard InChI is InChI=1S/C16H20N2S/c1-11-5-4-8-18-13(11)10-14(17-2)16-9-12-6-3-7-15(12)19-16/h4-5,8-9,14,17H,3,6-7,10H2,1-2H3. The Labute approximate surface area is 118 Å². The highest BCUT2D eigenvalue weighted by atomic mass is 32.1. The Morgan fingerprint density at radius 2 is 2.32 bits per heavy atom. The van der Waals surface area contributed by atoms with E-state index in [1.54, 1.807) is 10.4 Å². The third kappa shape index (κ3) is 2.58. The zero-order valence-electron chi connectivity index (χ0n) is 11.6. The van der Waals surface area contributed by atoms with Crippen molar-refractivity contribution in [2.75, 3.05) is 7.05 Å². The zero-order chi connectivity index (χ0) is 13.2. The summed E-state index contributed by atoms with van der Waals surface area (Å²) < 4.78 is 0. The van der Waals surface area contributed by atoms with E-state index in [1.165, 1.54) is 35.4 Å². The Morgan fingerprint density at radius 1 is 1.42 bits per heavy atom. The molecule has 0 bridgehead atoms. The van der Waals surface area contributed by atoms with E-state index in [0.29, 0.717) is 6.04 Å². The summed E-state index contributed by atoms with van der Waals surface area (Å²) in [5.74, 6) is 0. The van der Waals surface area contributed by atoms with E-state index in [1.807, 2.05) is 30.6 Å². The molecule has 0 saturated heterocycles. The normalized spacial score (nSPS) is 15.5. The third-order valence-corrected chi connectivity index (χ3v) is 5.32. The van der Waals surface area contributed by atoms with Crippen molar-refractivity contribution in [2.24, 2.45) is 0 Å². The van der Waals surface area contributed by atoms with Gasteiger partial charge >= 0.3 is 0 Å². The van der Waals surface area contributed by atoms with Crippen LogP contribution in [0.2, 0.25) is 0 Å². The number of likely N-dealkylation sites (N-methyl/N-ethyl adjacent to an activating group) is 1. The van der Waals surface area contributed by atoms with Crippen molar-refractivity contribution in [3.05, 3.63) is 51.0 Å². The molecule has 0 aliphatic heterocycles.